The van der Waals surface area contributed by atoms with E-state index in [1.54, 1.807) is 34.9 Å². The van der Waals surface area contributed by atoms with E-state index in [1.807, 2.05) is 0 Å². The molecule has 0 saturated carbocycles. The molecular formula is C10H20N2O4. The number of hydrogen-bond donors (Lipinski definition) is 2. The van der Waals surface area contributed by atoms with Gasteiger partial charge in [0, 0.05) is 0 Å². The van der Waals surface area contributed by atoms with Crippen LogP contribution in [0.15, 0.2) is 0 Å². The molecule has 0 spiro atoms. The van der Waals surface area contributed by atoms with Crippen molar-refractivity contribution < 1.29 is 19.4 Å². The Kier molecular flexibility index (Phi) is 4.31. The minimum absolute atomic E-state index is 0.657. The van der Waals surface area contributed by atoms with Crippen molar-refractivity contribution in [3.63, 3.8) is 0 Å². The first kappa shape index (κ1) is 14.7. The lowest BCUT2D eigenvalue weighted by Gasteiger charge is -2.33. The van der Waals surface area contributed by atoms with Crippen molar-refractivity contribution in [3.05, 3.63) is 0 Å². The second kappa shape index (κ2) is 4.69. The topological polar surface area (TPSA) is 78.9 Å². The van der Waals surface area contributed by atoms with E-state index in [0.717, 1.165) is 0 Å². The van der Waals surface area contributed by atoms with E-state index in [4.69, 9.17) is 9.84 Å². The van der Waals surface area contributed by atoms with Gasteiger partial charge in [-0.15, -0.1) is 0 Å². The third-order valence-electron chi connectivity index (χ3n) is 2.06. The monoisotopic (exact) mass is 232 g/mol. The summed E-state index contributed by atoms with van der Waals surface area (Å²) in [4.78, 5) is 23.9. The average molecular weight is 232 g/mol. The van der Waals surface area contributed by atoms with Crippen molar-refractivity contribution in [1.29, 1.82) is 0 Å². The number of aliphatic carboxylic acids is 1. The molecule has 0 rings (SSSR count). The Morgan fingerprint density at radius 2 is 1.62 bits per heavy atom. The second-order valence-corrected chi connectivity index (χ2v) is 4.90. The number of ether oxygens (including phenoxy) is 1. The first-order chi connectivity index (χ1) is 6.99. The van der Waals surface area contributed by atoms with Crippen molar-refractivity contribution in [2.45, 2.75) is 39.0 Å². The Morgan fingerprint density at radius 1 is 1.19 bits per heavy atom. The van der Waals surface area contributed by atoms with Crippen LogP contribution >= 0.6 is 0 Å². The number of alkyl carbamates (subject to hydrolysis) is 1. The highest BCUT2D eigenvalue weighted by atomic mass is 16.6. The molecule has 0 aliphatic carbocycles. The fourth-order valence-corrected chi connectivity index (χ4v) is 0.859. The molecule has 16 heavy (non-hydrogen) atoms. The first-order valence-corrected chi connectivity index (χ1v) is 4.91. The van der Waals surface area contributed by atoms with Crippen LogP contribution in [0.3, 0.4) is 0 Å². The number of likely N-dealkylation sites (N-methyl/N-ethyl adjacent to an activating group) is 1. The molecule has 0 heterocycles. The Morgan fingerprint density at radius 3 is 1.88 bits per heavy atom. The summed E-state index contributed by atoms with van der Waals surface area (Å²) in [5, 5.41) is 11.4. The average Bonchev–Trinajstić information content (AvgIpc) is 1.98. The van der Waals surface area contributed by atoms with Gasteiger partial charge in [-0.05, 0) is 41.8 Å². The highest BCUT2D eigenvalue weighted by Gasteiger charge is 2.38. The Bertz CT molecular complexity index is 283. The smallest absolute Gasteiger partial charge is 0.409 e. The zero-order chi connectivity index (χ0) is 13.1. The molecule has 0 radical (unpaired) electrons. The molecule has 0 aromatic rings. The lowest BCUT2D eigenvalue weighted by atomic mass is 10.2. The predicted octanol–water partition coefficient (Wildman–Crippen LogP) is 0.873. The highest BCUT2D eigenvalue weighted by molar-refractivity contribution is 5.83. The largest absolute Gasteiger partial charge is 0.478 e. The molecule has 6 heteroatoms. The van der Waals surface area contributed by atoms with Crippen molar-refractivity contribution in [1.82, 2.24) is 10.2 Å². The summed E-state index contributed by atoms with van der Waals surface area (Å²) in [6, 6.07) is 0. The van der Waals surface area contributed by atoms with Crippen LogP contribution in [-0.2, 0) is 9.53 Å². The molecule has 0 fully saturated rings. The van der Waals surface area contributed by atoms with Gasteiger partial charge in [-0.1, -0.05) is 0 Å². The van der Waals surface area contributed by atoms with Crippen LogP contribution in [0.25, 0.3) is 0 Å². The van der Waals surface area contributed by atoms with E-state index in [-0.39, 0.29) is 0 Å². The van der Waals surface area contributed by atoms with E-state index in [9.17, 15) is 9.59 Å². The molecule has 0 aliphatic heterocycles. The fraction of sp³-hybridized carbons (Fsp3) is 0.800. The number of hydrogen-bond acceptors (Lipinski definition) is 4. The van der Waals surface area contributed by atoms with Crippen LogP contribution in [0.1, 0.15) is 27.7 Å². The second-order valence-electron chi connectivity index (χ2n) is 4.90. The third kappa shape index (κ3) is 4.06. The molecular weight excluding hydrogens is 212 g/mol. The number of nitrogens with zero attached hydrogens (tertiary/aromatic N) is 1. The maximum atomic E-state index is 11.5. The molecule has 1 atom stereocenters. The minimum Gasteiger partial charge on any atom is -0.478 e. The van der Waals surface area contributed by atoms with E-state index in [0.29, 0.717) is 0 Å². The summed E-state index contributed by atoms with van der Waals surface area (Å²) in [6.07, 6.45) is -0.758. The summed E-state index contributed by atoms with van der Waals surface area (Å²) in [7, 11) is 3.12. The van der Waals surface area contributed by atoms with Crippen LogP contribution < -0.4 is 5.32 Å². The molecule has 1 amide bonds. The Labute approximate surface area is 95.6 Å². The summed E-state index contributed by atoms with van der Waals surface area (Å²) in [6.45, 7) is 6.51. The zero-order valence-corrected chi connectivity index (χ0v) is 10.6. The summed E-state index contributed by atoms with van der Waals surface area (Å²) < 4.78 is 4.99. The van der Waals surface area contributed by atoms with Crippen molar-refractivity contribution in [3.8, 4) is 0 Å². The zero-order valence-electron chi connectivity index (χ0n) is 10.6. The predicted molar refractivity (Wildman–Crippen MR) is 59.1 cm³/mol. The first-order valence-electron chi connectivity index (χ1n) is 4.91. The quantitative estimate of drug-likeness (QED) is 0.706. The van der Waals surface area contributed by atoms with Crippen molar-refractivity contribution in [2.24, 2.45) is 0 Å². The molecule has 0 bridgehead atoms. The van der Waals surface area contributed by atoms with Gasteiger partial charge in [-0.2, -0.15) is 0 Å². The molecule has 94 valence electrons. The van der Waals surface area contributed by atoms with Gasteiger partial charge in [0.05, 0.1) is 0 Å². The maximum absolute atomic E-state index is 11.5. The summed E-state index contributed by atoms with van der Waals surface area (Å²) in [5.74, 6) is -1.15. The Balaban J connectivity index is 4.68. The molecule has 2 N–H and O–H groups in total. The van der Waals surface area contributed by atoms with Gasteiger partial charge in [0.1, 0.15) is 5.60 Å². The fourth-order valence-electron chi connectivity index (χ4n) is 0.859. The van der Waals surface area contributed by atoms with Gasteiger partial charge in [0.15, 0.2) is 5.66 Å². The Hall–Kier alpha value is -1.30. The summed E-state index contributed by atoms with van der Waals surface area (Å²) >= 11 is 0. The standard InChI is InChI=1S/C10H20N2O4/c1-9(2,3)16-8(15)11-10(4,7(13)14)12(5)6/h1-6H3,(H,11,15)(H,13,14)/t10-/m1/s1. The van der Waals surface area contributed by atoms with Crippen LogP contribution in [0.5, 0.6) is 0 Å². The van der Waals surface area contributed by atoms with Gasteiger partial charge >= 0.3 is 12.1 Å². The molecule has 0 unspecified atom stereocenters. The lowest BCUT2D eigenvalue weighted by Crippen LogP contribution is -2.61. The lowest BCUT2D eigenvalue weighted by molar-refractivity contribution is -0.150. The van der Waals surface area contributed by atoms with E-state index in [2.05, 4.69) is 5.32 Å². The maximum Gasteiger partial charge on any atom is 0.409 e. The van der Waals surface area contributed by atoms with Gasteiger partial charge in [0.25, 0.3) is 0 Å². The number of carbonyl (C=O) groups excluding carboxylic acids is 1. The van der Waals surface area contributed by atoms with Crippen molar-refractivity contribution in [2.75, 3.05) is 14.1 Å². The van der Waals surface area contributed by atoms with Gasteiger partial charge in [-0.25, -0.2) is 9.59 Å². The number of amides is 1. The van der Waals surface area contributed by atoms with Gasteiger partial charge in [0.2, 0.25) is 0 Å². The number of carbonyl (C=O) groups is 2. The van der Waals surface area contributed by atoms with Crippen LogP contribution in [0.2, 0.25) is 0 Å². The van der Waals surface area contributed by atoms with Crippen molar-refractivity contribution >= 4 is 12.1 Å². The molecule has 0 aromatic heterocycles. The molecule has 0 aliphatic rings. The third-order valence-corrected chi connectivity index (χ3v) is 2.06. The minimum atomic E-state index is -1.48. The number of carboxylic acid groups (broad SMARTS) is 1. The van der Waals surface area contributed by atoms with Crippen LogP contribution in [0.4, 0.5) is 4.79 Å². The van der Waals surface area contributed by atoms with Gasteiger partial charge in [-0.3, -0.25) is 10.2 Å². The van der Waals surface area contributed by atoms with E-state index < -0.39 is 23.3 Å². The normalized spacial score (nSPS) is 15.4. The molecule has 0 aromatic carbocycles. The van der Waals surface area contributed by atoms with Crippen LogP contribution in [0, 0.1) is 0 Å². The summed E-state index contributed by atoms with van der Waals surface area (Å²) in [5.41, 5.74) is -2.14. The molecule has 6 nitrogen and oxygen atoms in total. The molecule has 0 saturated heterocycles. The van der Waals surface area contributed by atoms with Gasteiger partial charge < -0.3 is 9.84 Å². The number of nitrogens with one attached hydrogen (secondary N) is 1. The van der Waals surface area contributed by atoms with Crippen LogP contribution in [-0.4, -0.2) is 47.4 Å². The van der Waals surface area contributed by atoms with E-state index in [1.165, 1.54) is 11.8 Å². The number of carboxylic acids is 1. The number of rotatable bonds is 3. The highest BCUT2D eigenvalue weighted by Crippen LogP contribution is 2.11. The van der Waals surface area contributed by atoms with E-state index >= 15 is 0 Å². The SMILES string of the molecule is CN(C)[C@@](C)(NC(=O)OC(C)(C)C)C(=O)O.